The molecule has 20 heavy (non-hydrogen) atoms. The number of aromatic amines is 1. The van der Waals surface area contributed by atoms with Crippen LogP contribution in [-0.4, -0.2) is 18.0 Å². The maximum Gasteiger partial charge on any atom is 0.257 e. The van der Waals surface area contributed by atoms with E-state index in [1.165, 1.54) is 12.3 Å². The number of rotatable bonds is 4. The normalized spacial score (nSPS) is 10.1. The molecule has 0 saturated heterocycles. The van der Waals surface area contributed by atoms with Crippen LogP contribution >= 0.6 is 0 Å². The van der Waals surface area contributed by atoms with E-state index < -0.39 is 5.91 Å². The molecule has 0 bridgehead atoms. The van der Waals surface area contributed by atoms with Gasteiger partial charge in [0.15, 0.2) is 5.43 Å². The fourth-order valence-corrected chi connectivity index (χ4v) is 1.87. The van der Waals surface area contributed by atoms with Crippen molar-refractivity contribution in [3.8, 4) is 5.75 Å². The Kier molecular flexibility index (Phi) is 4.20. The number of methoxy groups -OCH3 is 1. The molecule has 0 unspecified atom stereocenters. The molecule has 1 amide bonds. The number of aryl methyl sites for hydroxylation is 1. The van der Waals surface area contributed by atoms with Crippen LogP contribution in [-0.2, 0) is 6.54 Å². The molecule has 0 saturated carbocycles. The molecular formula is C15H16N2O3. The average Bonchev–Trinajstić information content (AvgIpc) is 2.45. The maximum atomic E-state index is 12.0. The van der Waals surface area contributed by atoms with Crippen molar-refractivity contribution in [2.45, 2.75) is 13.5 Å². The van der Waals surface area contributed by atoms with Gasteiger partial charge in [0.2, 0.25) is 0 Å². The van der Waals surface area contributed by atoms with Gasteiger partial charge in [-0.2, -0.15) is 0 Å². The standard InChI is InChI=1S/C15H16N2O3/c1-10-7-13(18)12(9-16-10)15(19)17-8-11-5-3-4-6-14(11)20-2/h3-7,9H,8H2,1-2H3,(H,16,18)(H,17,19). The first kappa shape index (κ1) is 13.9. The lowest BCUT2D eigenvalue weighted by Gasteiger charge is -2.09. The van der Waals surface area contributed by atoms with Gasteiger partial charge in [-0.25, -0.2) is 0 Å². The molecule has 1 aromatic heterocycles. The first-order valence-electron chi connectivity index (χ1n) is 6.21. The topological polar surface area (TPSA) is 71.2 Å². The van der Waals surface area contributed by atoms with E-state index in [-0.39, 0.29) is 11.0 Å². The van der Waals surface area contributed by atoms with E-state index in [9.17, 15) is 9.59 Å². The number of hydrogen-bond donors (Lipinski definition) is 2. The predicted octanol–water partition coefficient (Wildman–Crippen LogP) is 1.62. The van der Waals surface area contributed by atoms with Gasteiger partial charge in [-0.1, -0.05) is 18.2 Å². The van der Waals surface area contributed by atoms with E-state index in [0.29, 0.717) is 12.3 Å². The second kappa shape index (κ2) is 6.06. The van der Waals surface area contributed by atoms with Crippen LogP contribution in [0.1, 0.15) is 21.6 Å². The van der Waals surface area contributed by atoms with Crippen molar-refractivity contribution in [1.82, 2.24) is 10.3 Å². The maximum absolute atomic E-state index is 12.0. The summed E-state index contributed by atoms with van der Waals surface area (Å²) in [5, 5.41) is 2.71. The number of carbonyl (C=O) groups is 1. The molecule has 1 aromatic carbocycles. The molecule has 0 atom stereocenters. The highest BCUT2D eigenvalue weighted by molar-refractivity contribution is 5.93. The van der Waals surface area contributed by atoms with Gasteiger partial charge in [0, 0.05) is 30.1 Å². The number of para-hydroxylation sites is 1. The third-order valence-corrected chi connectivity index (χ3v) is 2.93. The summed E-state index contributed by atoms with van der Waals surface area (Å²) in [6.07, 6.45) is 1.43. The summed E-state index contributed by atoms with van der Waals surface area (Å²) < 4.78 is 5.20. The third kappa shape index (κ3) is 3.06. The molecule has 5 nitrogen and oxygen atoms in total. The fraction of sp³-hybridized carbons (Fsp3) is 0.200. The van der Waals surface area contributed by atoms with Crippen molar-refractivity contribution in [1.29, 1.82) is 0 Å². The van der Waals surface area contributed by atoms with Crippen LogP contribution in [0.5, 0.6) is 5.75 Å². The van der Waals surface area contributed by atoms with E-state index in [0.717, 1.165) is 11.3 Å². The zero-order valence-electron chi connectivity index (χ0n) is 11.4. The van der Waals surface area contributed by atoms with Gasteiger partial charge >= 0.3 is 0 Å². The smallest absolute Gasteiger partial charge is 0.257 e. The van der Waals surface area contributed by atoms with Gasteiger partial charge in [-0.3, -0.25) is 9.59 Å². The summed E-state index contributed by atoms with van der Waals surface area (Å²) in [7, 11) is 1.57. The Balaban J connectivity index is 2.11. The van der Waals surface area contributed by atoms with Gasteiger partial charge in [-0.15, -0.1) is 0 Å². The van der Waals surface area contributed by atoms with Crippen molar-refractivity contribution in [2.75, 3.05) is 7.11 Å². The number of H-pyrrole nitrogens is 1. The van der Waals surface area contributed by atoms with E-state index >= 15 is 0 Å². The number of nitrogens with one attached hydrogen (secondary N) is 2. The first-order chi connectivity index (χ1) is 9.61. The van der Waals surface area contributed by atoms with Crippen LogP contribution in [0.4, 0.5) is 0 Å². The lowest BCUT2D eigenvalue weighted by atomic mass is 10.2. The molecule has 5 heteroatoms. The highest BCUT2D eigenvalue weighted by Crippen LogP contribution is 2.16. The zero-order chi connectivity index (χ0) is 14.5. The van der Waals surface area contributed by atoms with Crippen LogP contribution in [0.2, 0.25) is 0 Å². The minimum Gasteiger partial charge on any atom is -0.496 e. The van der Waals surface area contributed by atoms with Crippen molar-refractivity contribution >= 4 is 5.91 Å². The minimum absolute atomic E-state index is 0.102. The summed E-state index contributed by atoms with van der Waals surface area (Å²) in [5.74, 6) is 0.294. The Bertz CT molecular complexity index is 677. The SMILES string of the molecule is COc1ccccc1CNC(=O)c1c[nH]c(C)cc1=O. The van der Waals surface area contributed by atoms with Crippen LogP contribution < -0.4 is 15.5 Å². The summed E-state index contributed by atoms with van der Waals surface area (Å²) in [6, 6.07) is 8.80. The minimum atomic E-state index is -0.405. The van der Waals surface area contributed by atoms with Crippen LogP contribution in [0.25, 0.3) is 0 Å². The summed E-state index contributed by atoms with van der Waals surface area (Å²) >= 11 is 0. The molecule has 0 spiro atoms. The molecule has 2 aromatic rings. The Hall–Kier alpha value is -2.56. The molecule has 2 rings (SSSR count). The van der Waals surface area contributed by atoms with Crippen molar-refractivity contribution in [3.05, 3.63) is 63.6 Å². The molecule has 0 aliphatic rings. The van der Waals surface area contributed by atoms with Crippen LogP contribution in [0, 0.1) is 6.92 Å². The highest BCUT2D eigenvalue weighted by Gasteiger charge is 2.10. The Labute approximate surface area is 116 Å². The summed E-state index contributed by atoms with van der Waals surface area (Å²) in [6.45, 7) is 2.06. The van der Waals surface area contributed by atoms with Gasteiger partial charge in [0.25, 0.3) is 5.91 Å². The van der Waals surface area contributed by atoms with E-state index in [4.69, 9.17) is 4.74 Å². The molecule has 104 valence electrons. The van der Waals surface area contributed by atoms with Gasteiger partial charge in [-0.05, 0) is 13.0 Å². The van der Waals surface area contributed by atoms with Crippen LogP contribution in [0.3, 0.4) is 0 Å². The van der Waals surface area contributed by atoms with Crippen molar-refractivity contribution < 1.29 is 9.53 Å². The number of pyridine rings is 1. The van der Waals surface area contributed by atoms with Crippen molar-refractivity contribution in [3.63, 3.8) is 0 Å². The lowest BCUT2D eigenvalue weighted by Crippen LogP contribution is -2.28. The van der Waals surface area contributed by atoms with Gasteiger partial charge in [0.05, 0.1) is 7.11 Å². The third-order valence-electron chi connectivity index (χ3n) is 2.93. The first-order valence-corrected chi connectivity index (χ1v) is 6.21. The molecule has 2 N–H and O–H groups in total. The number of amides is 1. The molecule has 0 radical (unpaired) electrons. The second-order valence-electron chi connectivity index (χ2n) is 4.39. The van der Waals surface area contributed by atoms with E-state index in [1.807, 2.05) is 24.3 Å². The molecule has 1 heterocycles. The number of hydrogen-bond acceptors (Lipinski definition) is 3. The monoisotopic (exact) mass is 272 g/mol. The average molecular weight is 272 g/mol. The van der Waals surface area contributed by atoms with Crippen molar-refractivity contribution in [2.24, 2.45) is 0 Å². The van der Waals surface area contributed by atoms with Gasteiger partial charge < -0.3 is 15.0 Å². The lowest BCUT2D eigenvalue weighted by molar-refractivity contribution is 0.0949. The Morgan fingerprint density at radius 3 is 2.80 bits per heavy atom. The number of benzene rings is 1. The number of aromatic nitrogens is 1. The highest BCUT2D eigenvalue weighted by atomic mass is 16.5. The molecular weight excluding hydrogens is 256 g/mol. The van der Waals surface area contributed by atoms with Gasteiger partial charge in [0.1, 0.15) is 11.3 Å². The molecule has 0 fully saturated rings. The Morgan fingerprint density at radius 2 is 2.10 bits per heavy atom. The number of carbonyl (C=O) groups excluding carboxylic acids is 1. The van der Waals surface area contributed by atoms with E-state index in [1.54, 1.807) is 14.0 Å². The molecule has 0 aliphatic carbocycles. The van der Waals surface area contributed by atoms with Crippen LogP contribution in [0.15, 0.2) is 41.3 Å². The Morgan fingerprint density at radius 1 is 1.35 bits per heavy atom. The fourth-order valence-electron chi connectivity index (χ4n) is 1.87. The largest absolute Gasteiger partial charge is 0.496 e. The predicted molar refractivity (Wildman–Crippen MR) is 76.0 cm³/mol. The van der Waals surface area contributed by atoms with E-state index in [2.05, 4.69) is 10.3 Å². The number of ether oxygens (including phenoxy) is 1. The zero-order valence-corrected chi connectivity index (χ0v) is 11.4. The summed E-state index contributed by atoms with van der Waals surface area (Å²) in [4.78, 5) is 26.5. The quantitative estimate of drug-likeness (QED) is 0.888. The summed E-state index contributed by atoms with van der Waals surface area (Å²) in [5.41, 5.74) is 1.38. The second-order valence-corrected chi connectivity index (χ2v) is 4.39. The molecule has 0 aliphatic heterocycles.